The molecule has 0 amide bonds. The molecule has 8 aromatic rings. The third-order valence-corrected chi connectivity index (χ3v) is 9.34. The third kappa shape index (κ3) is 7.46. The molecular formula is C48H36O5. The number of benzene rings is 8. The van der Waals surface area contributed by atoms with Crippen molar-refractivity contribution >= 4 is 27.5 Å². The molecule has 0 bridgehead atoms. The second kappa shape index (κ2) is 15.2. The zero-order valence-electron chi connectivity index (χ0n) is 28.9. The summed E-state index contributed by atoms with van der Waals surface area (Å²) in [4.78, 5) is 11.6. The fourth-order valence-electron chi connectivity index (χ4n) is 6.78. The maximum atomic E-state index is 11.6. The molecule has 0 saturated carbocycles. The summed E-state index contributed by atoms with van der Waals surface area (Å²) >= 11 is 0. The summed E-state index contributed by atoms with van der Waals surface area (Å²) in [5, 5.41) is 13.9. The number of hydrogen-bond acceptors (Lipinski definition) is 4. The summed E-state index contributed by atoms with van der Waals surface area (Å²) < 4.78 is 18.8. The van der Waals surface area contributed by atoms with Gasteiger partial charge in [0, 0.05) is 6.07 Å². The monoisotopic (exact) mass is 692 g/mol. The molecule has 0 heterocycles. The molecule has 0 atom stereocenters. The first kappa shape index (κ1) is 33.3. The van der Waals surface area contributed by atoms with E-state index in [1.54, 1.807) is 12.1 Å². The minimum absolute atomic E-state index is 0.266. The van der Waals surface area contributed by atoms with Crippen molar-refractivity contribution in [2.45, 2.75) is 19.8 Å². The molecule has 258 valence electrons. The van der Waals surface area contributed by atoms with Gasteiger partial charge >= 0.3 is 5.97 Å². The van der Waals surface area contributed by atoms with E-state index < -0.39 is 5.97 Å². The topological polar surface area (TPSA) is 65.0 Å². The van der Waals surface area contributed by atoms with Crippen LogP contribution in [-0.2, 0) is 19.8 Å². The van der Waals surface area contributed by atoms with Crippen LogP contribution in [0.2, 0.25) is 0 Å². The summed E-state index contributed by atoms with van der Waals surface area (Å²) in [5.74, 6) is 1.25. The van der Waals surface area contributed by atoms with Crippen molar-refractivity contribution < 1.29 is 24.1 Å². The average molecular weight is 693 g/mol. The summed E-state index contributed by atoms with van der Waals surface area (Å²) in [6, 6.07) is 58.3. The quantitative estimate of drug-likeness (QED) is 0.129. The molecule has 1 N–H and O–H groups in total. The molecule has 0 unspecified atom stereocenters. The molecule has 0 radical (unpaired) electrons. The molecule has 0 aliphatic heterocycles. The number of carboxylic acid groups (broad SMARTS) is 1. The van der Waals surface area contributed by atoms with Crippen LogP contribution in [0.4, 0.5) is 0 Å². The van der Waals surface area contributed by atoms with Crippen molar-refractivity contribution in [3.8, 4) is 39.5 Å². The first-order valence-corrected chi connectivity index (χ1v) is 17.6. The lowest BCUT2D eigenvalue weighted by Gasteiger charge is -2.18. The third-order valence-electron chi connectivity index (χ3n) is 9.34. The normalized spacial score (nSPS) is 11.0. The van der Waals surface area contributed by atoms with Gasteiger partial charge in [-0.25, -0.2) is 4.79 Å². The van der Waals surface area contributed by atoms with Crippen LogP contribution >= 0.6 is 0 Å². The van der Waals surface area contributed by atoms with Gasteiger partial charge < -0.3 is 19.3 Å². The van der Waals surface area contributed by atoms with Crippen LogP contribution < -0.4 is 14.2 Å². The Morgan fingerprint density at radius 3 is 1.21 bits per heavy atom. The molecule has 0 spiro atoms. The van der Waals surface area contributed by atoms with Crippen molar-refractivity contribution in [2.24, 2.45) is 0 Å². The predicted molar refractivity (Wildman–Crippen MR) is 212 cm³/mol. The first-order valence-electron chi connectivity index (χ1n) is 17.6. The van der Waals surface area contributed by atoms with Crippen molar-refractivity contribution in [1.29, 1.82) is 0 Å². The van der Waals surface area contributed by atoms with Gasteiger partial charge in [0.15, 0.2) is 0 Å². The Morgan fingerprint density at radius 1 is 0.396 bits per heavy atom. The van der Waals surface area contributed by atoms with Crippen molar-refractivity contribution in [2.75, 3.05) is 0 Å². The van der Waals surface area contributed by atoms with Crippen LogP contribution in [0.3, 0.4) is 0 Å². The van der Waals surface area contributed by atoms with Gasteiger partial charge in [-0.05, 0) is 96.9 Å². The highest BCUT2D eigenvalue weighted by atomic mass is 16.5. The van der Waals surface area contributed by atoms with E-state index >= 15 is 0 Å². The van der Waals surface area contributed by atoms with E-state index in [2.05, 4.69) is 48.5 Å². The lowest BCUT2D eigenvalue weighted by Crippen LogP contribution is -2.01. The molecule has 5 nitrogen and oxygen atoms in total. The summed E-state index contributed by atoms with van der Waals surface area (Å²) in [6.45, 7) is 1.24. The number of fused-ring (bicyclic) bond motifs is 2. The number of ether oxygens (including phenoxy) is 3. The largest absolute Gasteiger partial charge is 0.489 e. The Hall–Kier alpha value is -6.85. The lowest BCUT2D eigenvalue weighted by molar-refractivity contribution is 0.0697. The molecule has 0 aliphatic rings. The van der Waals surface area contributed by atoms with Gasteiger partial charge in [0.25, 0.3) is 0 Å². The van der Waals surface area contributed by atoms with E-state index in [1.165, 1.54) is 0 Å². The van der Waals surface area contributed by atoms with Crippen LogP contribution in [0.1, 0.15) is 27.0 Å². The molecule has 53 heavy (non-hydrogen) atoms. The van der Waals surface area contributed by atoms with Crippen LogP contribution in [0.15, 0.2) is 176 Å². The van der Waals surface area contributed by atoms with Crippen LogP contribution in [0.25, 0.3) is 43.8 Å². The highest BCUT2D eigenvalue weighted by Gasteiger charge is 2.17. The molecular weight excluding hydrogens is 657 g/mol. The van der Waals surface area contributed by atoms with Gasteiger partial charge in [-0.15, -0.1) is 0 Å². The lowest BCUT2D eigenvalue weighted by atomic mass is 9.86. The van der Waals surface area contributed by atoms with Gasteiger partial charge in [0.1, 0.15) is 37.1 Å². The van der Waals surface area contributed by atoms with Crippen molar-refractivity contribution in [1.82, 2.24) is 0 Å². The number of carboxylic acids is 1. The van der Waals surface area contributed by atoms with E-state index in [-0.39, 0.29) is 5.56 Å². The fourth-order valence-corrected chi connectivity index (χ4v) is 6.78. The molecule has 0 fully saturated rings. The van der Waals surface area contributed by atoms with E-state index in [9.17, 15) is 9.90 Å². The van der Waals surface area contributed by atoms with Crippen LogP contribution in [0.5, 0.6) is 17.2 Å². The Bertz CT molecular complexity index is 2390. The molecule has 8 aromatic carbocycles. The predicted octanol–water partition coefficient (Wildman–Crippen LogP) is 11.8. The Kier molecular flexibility index (Phi) is 9.54. The van der Waals surface area contributed by atoms with Crippen LogP contribution in [-0.4, -0.2) is 11.1 Å². The van der Waals surface area contributed by atoms with Gasteiger partial charge in [-0.3, -0.25) is 0 Å². The zero-order chi connectivity index (χ0) is 36.0. The number of aromatic carboxylic acids is 1. The Morgan fingerprint density at radius 2 is 0.774 bits per heavy atom. The molecule has 0 aromatic heterocycles. The van der Waals surface area contributed by atoms with Gasteiger partial charge in [0.05, 0.1) is 5.56 Å². The van der Waals surface area contributed by atoms with Gasteiger partial charge in [-0.1, -0.05) is 133 Å². The maximum absolute atomic E-state index is 11.6. The fraction of sp³-hybridized carbons (Fsp3) is 0.0625. The molecule has 0 aliphatic carbocycles. The SMILES string of the molecule is O=C(O)c1ccc(-c2c3ccccc3c(-c3ccc(OCc4cc(OCc5ccccc5)cc(OCc5ccccc5)c4)cc3)c3ccccc23)cc1. The molecule has 8 rings (SSSR count). The Labute approximate surface area is 308 Å². The van der Waals surface area contributed by atoms with Crippen LogP contribution in [0, 0.1) is 0 Å². The van der Waals surface area contributed by atoms with Crippen molar-refractivity contribution in [3.63, 3.8) is 0 Å². The highest BCUT2D eigenvalue weighted by molar-refractivity contribution is 6.21. The Balaban J connectivity index is 1.07. The second-order valence-electron chi connectivity index (χ2n) is 12.9. The van der Waals surface area contributed by atoms with E-state index in [0.29, 0.717) is 31.3 Å². The zero-order valence-corrected chi connectivity index (χ0v) is 28.9. The van der Waals surface area contributed by atoms with Crippen molar-refractivity contribution in [3.05, 3.63) is 198 Å². The minimum atomic E-state index is -0.937. The average Bonchev–Trinajstić information content (AvgIpc) is 3.21. The van der Waals surface area contributed by atoms with Gasteiger partial charge in [0.2, 0.25) is 0 Å². The smallest absolute Gasteiger partial charge is 0.335 e. The molecule has 0 saturated heterocycles. The summed E-state index contributed by atoms with van der Waals surface area (Å²) in [7, 11) is 0. The first-order chi connectivity index (χ1) is 26.1. The van der Waals surface area contributed by atoms with E-state index in [1.807, 2.05) is 115 Å². The summed E-state index contributed by atoms with van der Waals surface area (Å²) in [5.41, 5.74) is 7.65. The second-order valence-corrected chi connectivity index (χ2v) is 12.9. The number of carbonyl (C=O) groups is 1. The van der Waals surface area contributed by atoms with E-state index in [0.717, 1.165) is 66.2 Å². The number of hydrogen-bond donors (Lipinski definition) is 1. The summed E-state index contributed by atoms with van der Waals surface area (Å²) in [6.07, 6.45) is 0. The number of rotatable bonds is 12. The van der Waals surface area contributed by atoms with E-state index in [4.69, 9.17) is 14.2 Å². The molecule has 5 heteroatoms. The maximum Gasteiger partial charge on any atom is 0.335 e. The van der Waals surface area contributed by atoms with Gasteiger partial charge in [-0.2, -0.15) is 0 Å². The standard InChI is InChI=1S/C48H36O5/c49-48(50)38-21-19-36(20-22-38)46-42-15-7-9-17-44(42)47(45-18-10-8-16-43(45)46)37-23-25-39(26-24-37)51-32-35-27-40(52-30-33-11-3-1-4-12-33)29-41(28-35)53-31-34-13-5-2-6-14-34/h1-29H,30-32H2,(H,49,50). The minimum Gasteiger partial charge on any atom is -0.489 e. The highest BCUT2D eigenvalue weighted by Crippen LogP contribution is 2.43.